The molecule has 0 aliphatic carbocycles. The van der Waals surface area contributed by atoms with Crippen molar-refractivity contribution in [2.24, 2.45) is 0 Å². The minimum absolute atomic E-state index is 0.00655. The summed E-state index contributed by atoms with van der Waals surface area (Å²) in [6.45, 7) is 6.07. The van der Waals surface area contributed by atoms with E-state index in [0.29, 0.717) is 16.3 Å². The normalized spacial score (nSPS) is 16.4. The van der Waals surface area contributed by atoms with Crippen LogP contribution in [-0.4, -0.2) is 50.0 Å². The van der Waals surface area contributed by atoms with Gasteiger partial charge in [-0.15, -0.1) is 16.4 Å². The predicted molar refractivity (Wildman–Crippen MR) is 99.4 cm³/mol. The molecule has 0 amide bonds. The van der Waals surface area contributed by atoms with E-state index in [-0.39, 0.29) is 5.56 Å². The maximum Gasteiger partial charge on any atom is 0.270 e. The summed E-state index contributed by atoms with van der Waals surface area (Å²) in [5.41, 5.74) is -0.00655. The van der Waals surface area contributed by atoms with Crippen LogP contribution >= 0.6 is 23.1 Å². The molecular formula is C16H21N5OS2. The lowest BCUT2D eigenvalue weighted by Gasteiger charge is -2.26. The maximum absolute atomic E-state index is 12.9. The molecule has 1 saturated heterocycles. The molecule has 3 aromatic heterocycles. The molecule has 0 saturated carbocycles. The molecule has 1 fully saturated rings. The molecule has 24 heavy (non-hydrogen) atoms. The van der Waals surface area contributed by atoms with Crippen LogP contribution in [0.5, 0.6) is 0 Å². The summed E-state index contributed by atoms with van der Waals surface area (Å²) in [4.78, 5) is 22.0. The third-order valence-electron chi connectivity index (χ3n) is 4.56. The first-order valence-electron chi connectivity index (χ1n) is 8.33. The Morgan fingerprint density at radius 1 is 1.25 bits per heavy atom. The second-order valence-electron chi connectivity index (χ2n) is 6.24. The van der Waals surface area contributed by atoms with E-state index < -0.39 is 0 Å². The Bertz CT molecular complexity index is 935. The van der Waals surface area contributed by atoms with Crippen molar-refractivity contribution in [3.05, 3.63) is 21.3 Å². The molecule has 0 radical (unpaired) electrons. The highest BCUT2D eigenvalue weighted by molar-refractivity contribution is 7.98. The fourth-order valence-corrected chi connectivity index (χ4v) is 4.72. The van der Waals surface area contributed by atoms with E-state index in [2.05, 4.69) is 10.00 Å². The van der Waals surface area contributed by atoms with Crippen LogP contribution in [0.2, 0.25) is 0 Å². The van der Waals surface area contributed by atoms with Crippen molar-refractivity contribution in [1.29, 1.82) is 0 Å². The van der Waals surface area contributed by atoms with Crippen molar-refractivity contribution in [3.8, 4) is 0 Å². The average Bonchev–Trinajstić information content (AvgIpc) is 3.14. The highest BCUT2D eigenvalue weighted by Gasteiger charge is 2.18. The van der Waals surface area contributed by atoms with Crippen LogP contribution in [0.25, 0.3) is 16.0 Å². The van der Waals surface area contributed by atoms with Gasteiger partial charge in [0.1, 0.15) is 4.83 Å². The van der Waals surface area contributed by atoms with Crippen molar-refractivity contribution in [2.75, 3.05) is 25.9 Å². The number of hydrogen-bond donors (Lipinski definition) is 0. The highest BCUT2D eigenvalue weighted by Crippen LogP contribution is 2.23. The van der Waals surface area contributed by atoms with Crippen molar-refractivity contribution in [2.45, 2.75) is 37.9 Å². The van der Waals surface area contributed by atoms with Gasteiger partial charge in [0.15, 0.2) is 5.16 Å². The molecule has 0 N–H and O–H groups in total. The summed E-state index contributed by atoms with van der Waals surface area (Å²) in [6, 6.07) is 1.93. The Kier molecular flexibility index (Phi) is 4.36. The number of nitrogens with zero attached hydrogens (tertiary/aromatic N) is 5. The summed E-state index contributed by atoms with van der Waals surface area (Å²) in [7, 11) is 0. The molecule has 0 spiro atoms. The number of thiophene rings is 1. The van der Waals surface area contributed by atoms with Crippen LogP contribution in [0.3, 0.4) is 0 Å². The molecular weight excluding hydrogens is 342 g/mol. The van der Waals surface area contributed by atoms with Gasteiger partial charge in [0.2, 0.25) is 5.78 Å². The molecule has 0 unspecified atom stereocenters. The van der Waals surface area contributed by atoms with Gasteiger partial charge in [-0.2, -0.15) is 0 Å². The minimum Gasteiger partial charge on any atom is -0.301 e. The van der Waals surface area contributed by atoms with Crippen LogP contribution in [0.4, 0.5) is 0 Å². The van der Waals surface area contributed by atoms with Gasteiger partial charge in [-0.25, -0.2) is 14.1 Å². The van der Waals surface area contributed by atoms with E-state index in [1.165, 1.54) is 31.0 Å². The summed E-state index contributed by atoms with van der Waals surface area (Å²) >= 11 is 3.06. The second kappa shape index (κ2) is 6.50. The quantitative estimate of drug-likeness (QED) is 0.667. The van der Waals surface area contributed by atoms with Crippen LogP contribution in [0.15, 0.2) is 16.0 Å². The van der Waals surface area contributed by atoms with Gasteiger partial charge in [0.05, 0.1) is 11.9 Å². The summed E-state index contributed by atoms with van der Waals surface area (Å²) in [5.74, 6) is 0.663. The standard InChI is InChI=1S/C16H21N5OS2/c1-11-10-12-13(24-11)17-15-20(9-8-19-6-4-3-5-7-19)18-16(23-2)21(15)14(12)22/h10H,3-9H2,1-2H3. The molecule has 4 heterocycles. The van der Waals surface area contributed by atoms with Gasteiger partial charge in [0.25, 0.3) is 5.56 Å². The van der Waals surface area contributed by atoms with Gasteiger partial charge in [-0.05, 0) is 45.2 Å². The molecule has 3 aromatic rings. The van der Waals surface area contributed by atoms with Gasteiger partial charge < -0.3 is 4.90 Å². The number of rotatable bonds is 4. The van der Waals surface area contributed by atoms with Crippen molar-refractivity contribution in [1.82, 2.24) is 24.1 Å². The maximum atomic E-state index is 12.9. The summed E-state index contributed by atoms with van der Waals surface area (Å²) < 4.78 is 3.56. The lowest BCUT2D eigenvalue weighted by atomic mass is 10.1. The minimum atomic E-state index is -0.00655. The number of hydrogen-bond acceptors (Lipinski definition) is 6. The molecule has 0 atom stereocenters. The fraction of sp³-hybridized carbons (Fsp3) is 0.562. The first-order chi connectivity index (χ1) is 11.7. The predicted octanol–water partition coefficient (Wildman–Crippen LogP) is 2.62. The Labute approximate surface area is 148 Å². The summed E-state index contributed by atoms with van der Waals surface area (Å²) in [6.07, 6.45) is 5.85. The number of piperidine rings is 1. The van der Waals surface area contributed by atoms with E-state index in [9.17, 15) is 4.79 Å². The van der Waals surface area contributed by atoms with Gasteiger partial charge >= 0.3 is 0 Å². The van der Waals surface area contributed by atoms with Crippen LogP contribution in [-0.2, 0) is 6.54 Å². The summed E-state index contributed by atoms with van der Waals surface area (Å²) in [5, 5.41) is 6.05. The molecule has 4 rings (SSSR count). The SMILES string of the molecule is CSc1nn(CCN2CCCCC2)c2nc3sc(C)cc3c(=O)n12. The smallest absolute Gasteiger partial charge is 0.270 e. The van der Waals surface area contributed by atoms with Gasteiger partial charge in [0, 0.05) is 11.4 Å². The zero-order valence-corrected chi connectivity index (χ0v) is 15.6. The number of likely N-dealkylation sites (tertiary alicyclic amines) is 1. The van der Waals surface area contributed by atoms with Crippen LogP contribution < -0.4 is 5.56 Å². The average molecular weight is 364 g/mol. The third-order valence-corrected chi connectivity index (χ3v) is 6.13. The second-order valence-corrected chi connectivity index (χ2v) is 8.25. The molecule has 0 bridgehead atoms. The van der Waals surface area contributed by atoms with Crippen LogP contribution in [0, 0.1) is 6.92 Å². The van der Waals surface area contributed by atoms with Crippen molar-refractivity contribution in [3.63, 3.8) is 0 Å². The first kappa shape index (κ1) is 16.1. The molecule has 6 nitrogen and oxygen atoms in total. The Morgan fingerprint density at radius 3 is 2.79 bits per heavy atom. The van der Waals surface area contributed by atoms with E-state index in [4.69, 9.17) is 4.98 Å². The van der Waals surface area contributed by atoms with Crippen molar-refractivity contribution < 1.29 is 0 Å². The van der Waals surface area contributed by atoms with E-state index in [0.717, 1.165) is 35.9 Å². The Hall–Kier alpha value is -1.38. The number of aromatic nitrogens is 4. The molecule has 1 aliphatic rings. The topological polar surface area (TPSA) is 55.4 Å². The zero-order chi connectivity index (χ0) is 16.7. The first-order valence-corrected chi connectivity index (χ1v) is 10.4. The number of thioether (sulfide) groups is 1. The fourth-order valence-electron chi connectivity index (χ4n) is 3.33. The molecule has 128 valence electrons. The number of fused-ring (bicyclic) bond motifs is 2. The third kappa shape index (κ3) is 2.76. The molecule has 1 aliphatic heterocycles. The van der Waals surface area contributed by atoms with Gasteiger partial charge in [-0.1, -0.05) is 18.2 Å². The zero-order valence-electron chi connectivity index (χ0n) is 14.0. The molecule has 8 heteroatoms. The van der Waals surface area contributed by atoms with Gasteiger partial charge in [-0.3, -0.25) is 4.79 Å². The molecule has 0 aromatic carbocycles. The lowest BCUT2D eigenvalue weighted by Crippen LogP contribution is -2.32. The van der Waals surface area contributed by atoms with Crippen LogP contribution in [0.1, 0.15) is 24.1 Å². The van der Waals surface area contributed by atoms with E-state index >= 15 is 0 Å². The lowest BCUT2D eigenvalue weighted by molar-refractivity contribution is 0.218. The Morgan fingerprint density at radius 2 is 2.04 bits per heavy atom. The largest absolute Gasteiger partial charge is 0.301 e. The van der Waals surface area contributed by atoms with Crippen molar-refractivity contribution >= 4 is 39.1 Å². The monoisotopic (exact) mass is 363 g/mol. The van der Waals surface area contributed by atoms with E-state index in [1.54, 1.807) is 15.7 Å². The van der Waals surface area contributed by atoms with E-state index in [1.807, 2.05) is 23.9 Å². The number of aryl methyl sites for hydroxylation is 1. The highest BCUT2D eigenvalue weighted by atomic mass is 32.2. The Balaban J connectivity index is 1.76.